The van der Waals surface area contributed by atoms with Crippen LogP contribution >= 0.6 is 44.1 Å². The van der Waals surface area contributed by atoms with Gasteiger partial charge in [0.1, 0.15) is 23.7 Å². The van der Waals surface area contributed by atoms with Crippen molar-refractivity contribution >= 4 is 78.7 Å². The summed E-state index contributed by atoms with van der Waals surface area (Å²) >= 11 is 12.0. The number of nitrogens with zero attached hydrogens (tertiary/aromatic N) is 1. The number of aromatic carboxylic acids is 1. The summed E-state index contributed by atoms with van der Waals surface area (Å²) < 4.78 is 21.3. The first kappa shape index (κ1) is 25.7. The average molecular weight is 634 g/mol. The predicted octanol–water partition coefficient (Wildman–Crippen LogP) is 5.46. The molecule has 7 nitrogen and oxygen atoms in total. The lowest BCUT2D eigenvalue weighted by Gasteiger charge is -2.29. The number of para-hydroxylation sites is 1. The second kappa shape index (κ2) is 10.7. The highest BCUT2D eigenvalue weighted by Crippen LogP contribution is 2.36. The van der Waals surface area contributed by atoms with E-state index in [0.29, 0.717) is 20.3 Å². The minimum absolute atomic E-state index is 0.0686. The Balaban J connectivity index is 1.58. The first-order chi connectivity index (χ1) is 17.2. The van der Waals surface area contributed by atoms with Gasteiger partial charge in [0, 0.05) is 0 Å². The molecule has 4 rings (SSSR count). The Hall–Kier alpha value is -3.41. The summed E-state index contributed by atoms with van der Waals surface area (Å²) in [6.45, 7) is 0.174. The maximum Gasteiger partial charge on any atom is 0.335 e. The van der Waals surface area contributed by atoms with Gasteiger partial charge in [-0.25, -0.2) is 14.1 Å². The molecular formula is C25H15Br2FN2O5S. The fraction of sp³-hybridized carbons (Fsp3) is 0.0400. The molecule has 0 spiro atoms. The van der Waals surface area contributed by atoms with E-state index in [2.05, 4.69) is 37.2 Å². The molecule has 182 valence electrons. The summed E-state index contributed by atoms with van der Waals surface area (Å²) in [5.41, 5.74) is 1.14. The van der Waals surface area contributed by atoms with Crippen molar-refractivity contribution in [3.63, 3.8) is 0 Å². The van der Waals surface area contributed by atoms with Crippen LogP contribution in [0.15, 0.2) is 75.2 Å². The van der Waals surface area contributed by atoms with Gasteiger partial charge in [-0.1, -0.05) is 24.3 Å². The van der Waals surface area contributed by atoms with E-state index in [1.807, 2.05) is 0 Å². The normalized spacial score (nSPS) is 14.7. The molecule has 1 aliphatic heterocycles. The molecule has 0 unspecified atom stereocenters. The highest BCUT2D eigenvalue weighted by Gasteiger charge is 2.35. The number of carbonyl (C=O) groups is 3. The monoisotopic (exact) mass is 632 g/mol. The summed E-state index contributed by atoms with van der Waals surface area (Å²) in [4.78, 5) is 37.6. The maximum atomic E-state index is 14.3. The van der Waals surface area contributed by atoms with Gasteiger partial charge in [-0.05, 0) is 97.7 Å². The second-order valence-electron chi connectivity index (χ2n) is 7.51. The van der Waals surface area contributed by atoms with Crippen LogP contribution < -0.4 is 15.0 Å². The van der Waals surface area contributed by atoms with Crippen molar-refractivity contribution in [1.29, 1.82) is 0 Å². The molecule has 11 heteroatoms. The van der Waals surface area contributed by atoms with Gasteiger partial charge in [-0.2, -0.15) is 0 Å². The number of hydrogen-bond acceptors (Lipinski definition) is 5. The molecule has 0 aromatic heterocycles. The number of carbonyl (C=O) groups excluding carboxylic acids is 2. The first-order valence-corrected chi connectivity index (χ1v) is 12.2. The van der Waals surface area contributed by atoms with Gasteiger partial charge in [-0.15, -0.1) is 0 Å². The highest BCUT2D eigenvalue weighted by molar-refractivity contribution is 9.11. The van der Waals surface area contributed by atoms with Gasteiger partial charge in [-0.3, -0.25) is 14.9 Å². The molecule has 0 bridgehead atoms. The molecule has 0 radical (unpaired) electrons. The van der Waals surface area contributed by atoms with Crippen LogP contribution in [0.1, 0.15) is 21.5 Å². The van der Waals surface area contributed by atoms with Crippen LogP contribution in [0.3, 0.4) is 0 Å². The molecule has 36 heavy (non-hydrogen) atoms. The third-order valence-corrected chi connectivity index (χ3v) is 6.57. The molecule has 2 N–H and O–H groups in total. The molecule has 3 aromatic carbocycles. The highest BCUT2D eigenvalue weighted by atomic mass is 79.9. The van der Waals surface area contributed by atoms with Crippen molar-refractivity contribution in [1.82, 2.24) is 5.32 Å². The standard InChI is InChI=1S/C25H15Br2FN2O5S/c26-17-10-14(11-18(27)21(17)35-12-13-5-7-15(8-6-13)24(33)34)9-16-22(31)29-25(36)30(23(16)32)20-4-2-1-3-19(20)28/h1-11H,12H2,(H,33,34)(H,29,31,36)/b16-9+. The van der Waals surface area contributed by atoms with Crippen molar-refractivity contribution in [3.8, 4) is 5.75 Å². The predicted molar refractivity (Wildman–Crippen MR) is 142 cm³/mol. The van der Waals surface area contributed by atoms with Gasteiger partial charge in [0.15, 0.2) is 5.11 Å². The molecule has 2 amide bonds. The van der Waals surface area contributed by atoms with Crippen molar-refractivity contribution < 1.29 is 28.6 Å². The number of amides is 2. The van der Waals surface area contributed by atoms with E-state index in [4.69, 9.17) is 22.1 Å². The van der Waals surface area contributed by atoms with Crippen molar-refractivity contribution in [3.05, 3.63) is 97.7 Å². The minimum Gasteiger partial charge on any atom is -0.487 e. The van der Waals surface area contributed by atoms with Gasteiger partial charge in [0.25, 0.3) is 11.8 Å². The number of rotatable bonds is 6. The molecular weight excluding hydrogens is 619 g/mol. The Morgan fingerprint density at radius 3 is 2.33 bits per heavy atom. The van der Waals surface area contributed by atoms with E-state index >= 15 is 0 Å². The largest absolute Gasteiger partial charge is 0.487 e. The Bertz CT molecular complexity index is 1420. The zero-order valence-electron chi connectivity index (χ0n) is 18.1. The van der Waals surface area contributed by atoms with Crippen LogP contribution in [-0.4, -0.2) is 28.0 Å². The van der Waals surface area contributed by atoms with Gasteiger partial charge >= 0.3 is 5.97 Å². The number of ether oxygens (including phenoxy) is 1. The first-order valence-electron chi connectivity index (χ1n) is 10.3. The van der Waals surface area contributed by atoms with E-state index < -0.39 is 23.6 Å². The number of thiocarbonyl (C=S) groups is 1. The van der Waals surface area contributed by atoms with E-state index in [1.54, 1.807) is 30.3 Å². The lowest BCUT2D eigenvalue weighted by atomic mass is 10.1. The van der Waals surface area contributed by atoms with Crippen LogP contribution in [0.2, 0.25) is 0 Å². The van der Waals surface area contributed by atoms with E-state index in [-0.39, 0.29) is 28.5 Å². The molecule has 0 saturated carbocycles. The quantitative estimate of drug-likeness (QED) is 0.213. The Labute approximate surface area is 226 Å². The summed E-state index contributed by atoms with van der Waals surface area (Å²) in [5, 5.41) is 11.2. The average Bonchev–Trinajstić information content (AvgIpc) is 2.82. The van der Waals surface area contributed by atoms with E-state index in [0.717, 1.165) is 10.5 Å². The minimum atomic E-state index is -1.01. The van der Waals surface area contributed by atoms with E-state index in [1.165, 1.54) is 36.4 Å². The van der Waals surface area contributed by atoms with Gasteiger partial charge in [0.2, 0.25) is 0 Å². The number of halogens is 3. The van der Waals surface area contributed by atoms with Crippen LogP contribution in [0.5, 0.6) is 5.75 Å². The Kier molecular flexibility index (Phi) is 7.62. The molecule has 1 aliphatic rings. The van der Waals surface area contributed by atoms with E-state index in [9.17, 15) is 18.8 Å². The van der Waals surface area contributed by atoms with Crippen LogP contribution in [-0.2, 0) is 16.2 Å². The van der Waals surface area contributed by atoms with Crippen LogP contribution in [0, 0.1) is 5.82 Å². The second-order valence-corrected chi connectivity index (χ2v) is 9.61. The number of anilines is 1. The fourth-order valence-electron chi connectivity index (χ4n) is 3.38. The van der Waals surface area contributed by atoms with Crippen LogP contribution in [0.25, 0.3) is 6.08 Å². The summed E-state index contributed by atoms with van der Waals surface area (Å²) in [5.74, 6) is -2.66. The Morgan fingerprint density at radius 2 is 1.72 bits per heavy atom. The zero-order valence-corrected chi connectivity index (χ0v) is 22.1. The maximum absolute atomic E-state index is 14.3. The molecule has 0 aliphatic carbocycles. The summed E-state index contributed by atoms with van der Waals surface area (Å²) in [6.07, 6.45) is 1.37. The SMILES string of the molecule is O=C1NC(=S)N(c2ccccc2F)C(=O)/C1=C/c1cc(Br)c(OCc2ccc(C(=O)O)cc2)c(Br)c1. The molecule has 1 fully saturated rings. The number of carboxylic acids is 1. The third kappa shape index (κ3) is 5.38. The number of carboxylic acid groups (broad SMARTS) is 1. The Morgan fingerprint density at radius 1 is 1.08 bits per heavy atom. The van der Waals surface area contributed by atoms with Crippen LogP contribution in [0.4, 0.5) is 10.1 Å². The fourth-order valence-corrected chi connectivity index (χ4v) is 5.10. The third-order valence-electron chi connectivity index (χ3n) is 5.11. The number of hydrogen-bond donors (Lipinski definition) is 2. The molecule has 3 aromatic rings. The van der Waals surface area contributed by atoms with Crippen molar-refractivity contribution in [2.45, 2.75) is 6.61 Å². The lowest BCUT2D eigenvalue weighted by Crippen LogP contribution is -2.54. The molecule has 0 atom stereocenters. The molecule has 1 heterocycles. The summed E-state index contributed by atoms with van der Waals surface area (Å²) in [6, 6.07) is 15.2. The van der Waals surface area contributed by atoms with Gasteiger partial charge < -0.3 is 9.84 Å². The van der Waals surface area contributed by atoms with Gasteiger partial charge in [0.05, 0.1) is 20.2 Å². The van der Waals surface area contributed by atoms with Crippen molar-refractivity contribution in [2.75, 3.05) is 4.90 Å². The molecule has 1 saturated heterocycles. The zero-order chi connectivity index (χ0) is 26.0. The van der Waals surface area contributed by atoms with Crippen molar-refractivity contribution in [2.24, 2.45) is 0 Å². The topological polar surface area (TPSA) is 95.9 Å². The number of benzene rings is 3. The summed E-state index contributed by atoms with van der Waals surface area (Å²) in [7, 11) is 0. The lowest BCUT2D eigenvalue weighted by molar-refractivity contribution is -0.122. The number of nitrogens with one attached hydrogen (secondary N) is 1. The smallest absolute Gasteiger partial charge is 0.335 e.